The van der Waals surface area contributed by atoms with E-state index >= 15 is 0 Å². The number of sulfonamides is 1. The molecule has 8 nitrogen and oxygen atoms in total. The lowest BCUT2D eigenvalue weighted by Crippen LogP contribution is -2.14. The standard InChI is InChI=1S/C20H16ClFN2O6S/c1-29-17-5-3-4-13(18(17)22)15-9-12(10-23-19(15)21)31(27,28)24-11-6-7-14(16(25)8-11)20(26)30-2/h3-10,24-25H,1-2H3. The third-order valence-corrected chi connectivity index (χ3v) is 5.90. The number of benzene rings is 2. The molecule has 0 aliphatic heterocycles. The Hall–Kier alpha value is -3.37. The average Bonchev–Trinajstić information content (AvgIpc) is 2.73. The second-order valence-corrected chi connectivity index (χ2v) is 8.20. The Balaban J connectivity index is 1.99. The summed E-state index contributed by atoms with van der Waals surface area (Å²) < 4.78 is 52.0. The third kappa shape index (κ3) is 4.54. The van der Waals surface area contributed by atoms with Crippen LogP contribution in [-0.4, -0.2) is 38.7 Å². The molecule has 0 amide bonds. The minimum atomic E-state index is -4.20. The SMILES string of the molecule is COC(=O)c1ccc(NS(=O)(=O)c2cnc(Cl)c(-c3cccc(OC)c3F)c2)cc1O. The molecule has 0 aliphatic rings. The topological polar surface area (TPSA) is 115 Å². The van der Waals surface area contributed by atoms with Crippen molar-refractivity contribution in [3.8, 4) is 22.6 Å². The molecule has 0 unspecified atom stereocenters. The Morgan fingerprint density at radius 3 is 2.55 bits per heavy atom. The van der Waals surface area contributed by atoms with Crippen LogP contribution >= 0.6 is 11.6 Å². The number of methoxy groups -OCH3 is 2. The maximum Gasteiger partial charge on any atom is 0.341 e. The van der Waals surface area contributed by atoms with Gasteiger partial charge in [-0.2, -0.15) is 0 Å². The Morgan fingerprint density at radius 2 is 1.90 bits per heavy atom. The van der Waals surface area contributed by atoms with Crippen molar-refractivity contribution in [1.29, 1.82) is 0 Å². The molecule has 0 saturated carbocycles. The molecule has 1 heterocycles. The Bertz CT molecular complexity index is 1270. The molecule has 162 valence electrons. The number of ether oxygens (including phenoxy) is 2. The second kappa shape index (κ2) is 8.78. The van der Waals surface area contributed by atoms with Gasteiger partial charge in [0, 0.05) is 23.4 Å². The van der Waals surface area contributed by atoms with E-state index in [-0.39, 0.29) is 38.2 Å². The summed E-state index contributed by atoms with van der Waals surface area (Å²) in [7, 11) is -1.75. The van der Waals surface area contributed by atoms with E-state index in [0.29, 0.717) is 0 Å². The summed E-state index contributed by atoms with van der Waals surface area (Å²) in [4.78, 5) is 15.1. The maximum absolute atomic E-state index is 14.6. The molecule has 11 heteroatoms. The zero-order valence-electron chi connectivity index (χ0n) is 16.2. The van der Waals surface area contributed by atoms with Crippen LogP contribution in [0.2, 0.25) is 5.15 Å². The quantitative estimate of drug-likeness (QED) is 0.419. The van der Waals surface area contributed by atoms with Gasteiger partial charge in [-0.3, -0.25) is 4.72 Å². The number of esters is 1. The highest BCUT2D eigenvalue weighted by Gasteiger charge is 2.21. The van der Waals surface area contributed by atoms with E-state index in [4.69, 9.17) is 16.3 Å². The van der Waals surface area contributed by atoms with Crippen LogP contribution in [-0.2, 0) is 14.8 Å². The number of carbonyl (C=O) groups excluding carboxylic acids is 1. The van der Waals surface area contributed by atoms with Crippen LogP contribution in [0.1, 0.15) is 10.4 Å². The van der Waals surface area contributed by atoms with Gasteiger partial charge in [0.25, 0.3) is 10.0 Å². The van der Waals surface area contributed by atoms with Crippen molar-refractivity contribution < 1.29 is 32.2 Å². The van der Waals surface area contributed by atoms with Crippen molar-refractivity contribution in [2.75, 3.05) is 18.9 Å². The van der Waals surface area contributed by atoms with E-state index in [1.54, 1.807) is 0 Å². The van der Waals surface area contributed by atoms with Crippen LogP contribution in [0.5, 0.6) is 11.5 Å². The molecule has 0 spiro atoms. The van der Waals surface area contributed by atoms with Gasteiger partial charge in [0.15, 0.2) is 11.6 Å². The lowest BCUT2D eigenvalue weighted by atomic mass is 10.1. The number of nitrogens with one attached hydrogen (secondary N) is 1. The van der Waals surface area contributed by atoms with Gasteiger partial charge < -0.3 is 14.6 Å². The number of pyridine rings is 1. The van der Waals surface area contributed by atoms with E-state index < -0.39 is 27.6 Å². The average molecular weight is 467 g/mol. The van der Waals surface area contributed by atoms with Gasteiger partial charge in [-0.25, -0.2) is 22.6 Å². The van der Waals surface area contributed by atoms with Crippen LogP contribution < -0.4 is 9.46 Å². The maximum atomic E-state index is 14.6. The van der Waals surface area contributed by atoms with Crippen molar-refractivity contribution in [3.05, 3.63) is 65.2 Å². The highest BCUT2D eigenvalue weighted by Crippen LogP contribution is 2.34. The smallest absolute Gasteiger partial charge is 0.341 e. The minimum Gasteiger partial charge on any atom is -0.507 e. The predicted molar refractivity (Wildman–Crippen MR) is 111 cm³/mol. The molecule has 31 heavy (non-hydrogen) atoms. The summed E-state index contributed by atoms with van der Waals surface area (Å²) in [5, 5.41) is 9.85. The highest BCUT2D eigenvalue weighted by molar-refractivity contribution is 7.92. The van der Waals surface area contributed by atoms with E-state index in [0.717, 1.165) is 25.4 Å². The Labute approximate surface area is 182 Å². The summed E-state index contributed by atoms with van der Waals surface area (Å²) in [5.41, 5.74) is -0.0950. The molecule has 1 aromatic heterocycles. The number of hydrogen-bond acceptors (Lipinski definition) is 7. The van der Waals surface area contributed by atoms with Crippen molar-refractivity contribution in [2.45, 2.75) is 4.90 Å². The number of aromatic nitrogens is 1. The van der Waals surface area contributed by atoms with Gasteiger partial charge in [0.1, 0.15) is 21.4 Å². The Kier molecular flexibility index (Phi) is 6.32. The summed E-state index contributed by atoms with van der Waals surface area (Å²) in [6, 6.07) is 9.04. The zero-order valence-corrected chi connectivity index (χ0v) is 17.8. The van der Waals surface area contributed by atoms with Crippen LogP contribution in [0, 0.1) is 5.82 Å². The molecule has 2 aromatic carbocycles. The van der Waals surface area contributed by atoms with Gasteiger partial charge in [-0.05, 0) is 24.3 Å². The first-order chi connectivity index (χ1) is 14.7. The van der Waals surface area contributed by atoms with E-state index in [1.165, 1.54) is 37.4 Å². The fourth-order valence-corrected chi connectivity index (χ4v) is 3.96. The third-order valence-electron chi connectivity index (χ3n) is 4.25. The summed E-state index contributed by atoms with van der Waals surface area (Å²) in [5.74, 6) is -2.01. The van der Waals surface area contributed by atoms with Gasteiger partial charge >= 0.3 is 5.97 Å². The first-order valence-electron chi connectivity index (χ1n) is 8.60. The van der Waals surface area contributed by atoms with Crippen molar-refractivity contribution in [3.63, 3.8) is 0 Å². The van der Waals surface area contributed by atoms with Crippen LogP contribution in [0.4, 0.5) is 10.1 Å². The molecule has 0 radical (unpaired) electrons. The van der Waals surface area contributed by atoms with Crippen LogP contribution in [0.25, 0.3) is 11.1 Å². The summed E-state index contributed by atoms with van der Waals surface area (Å²) >= 11 is 6.08. The lowest BCUT2D eigenvalue weighted by Gasteiger charge is -2.12. The number of nitrogens with zero attached hydrogens (tertiary/aromatic N) is 1. The number of aromatic hydroxyl groups is 1. The summed E-state index contributed by atoms with van der Waals surface area (Å²) in [6.07, 6.45) is 1.01. The number of phenols is 1. The molecule has 0 fully saturated rings. The van der Waals surface area contributed by atoms with E-state index in [1.807, 2.05) is 0 Å². The van der Waals surface area contributed by atoms with E-state index in [2.05, 4.69) is 14.4 Å². The second-order valence-electron chi connectivity index (χ2n) is 6.16. The van der Waals surface area contributed by atoms with Crippen molar-refractivity contribution in [2.24, 2.45) is 0 Å². The molecule has 3 aromatic rings. The zero-order chi connectivity index (χ0) is 22.8. The van der Waals surface area contributed by atoms with Gasteiger partial charge in [0.05, 0.1) is 19.9 Å². The number of phenolic OH excluding ortho intramolecular Hbond substituents is 1. The Morgan fingerprint density at radius 1 is 1.16 bits per heavy atom. The molecule has 3 rings (SSSR count). The molecular weight excluding hydrogens is 451 g/mol. The fourth-order valence-electron chi connectivity index (χ4n) is 2.73. The lowest BCUT2D eigenvalue weighted by molar-refractivity contribution is 0.0597. The van der Waals surface area contributed by atoms with Crippen molar-refractivity contribution >= 4 is 33.3 Å². The van der Waals surface area contributed by atoms with Gasteiger partial charge in [-0.1, -0.05) is 23.7 Å². The fraction of sp³-hybridized carbons (Fsp3) is 0.100. The highest BCUT2D eigenvalue weighted by atomic mass is 35.5. The van der Waals surface area contributed by atoms with E-state index in [9.17, 15) is 22.7 Å². The number of hydrogen-bond donors (Lipinski definition) is 2. The van der Waals surface area contributed by atoms with Crippen LogP contribution in [0.3, 0.4) is 0 Å². The van der Waals surface area contributed by atoms with Crippen LogP contribution in [0.15, 0.2) is 53.6 Å². The van der Waals surface area contributed by atoms with Crippen molar-refractivity contribution in [1.82, 2.24) is 4.98 Å². The number of anilines is 1. The number of carbonyl (C=O) groups is 1. The normalized spacial score (nSPS) is 11.1. The molecule has 0 atom stereocenters. The first kappa shape index (κ1) is 22.3. The van der Waals surface area contributed by atoms with Gasteiger partial charge in [-0.15, -0.1) is 0 Å². The molecule has 2 N–H and O–H groups in total. The molecule has 0 saturated heterocycles. The summed E-state index contributed by atoms with van der Waals surface area (Å²) in [6.45, 7) is 0. The monoisotopic (exact) mass is 466 g/mol. The number of halogens is 2. The predicted octanol–water partition coefficient (Wildman–Crippen LogP) is 3.84. The van der Waals surface area contributed by atoms with Gasteiger partial charge in [0.2, 0.25) is 0 Å². The first-order valence-corrected chi connectivity index (χ1v) is 10.5. The molecule has 0 aliphatic carbocycles. The minimum absolute atomic E-state index is 0.00831. The molecular formula is C20H16ClFN2O6S. The largest absolute Gasteiger partial charge is 0.507 e. The molecule has 0 bridgehead atoms. The number of rotatable bonds is 6.